The van der Waals surface area contributed by atoms with E-state index in [2.05, 4.69) is 0 Å². The highest BCUT2D eigenvalue weighted by atomic mass is 16.4. The minimum atomic E-state index is -0.847. The van der Waals surface area contributed by atoms with Crippen LogP contribution in [0.15, 0.2) is 16.5 Å². The zero-order valence-corrected chi connectivity index (χ0v) is 10.5. The first kappa shape index (κ1) is 13.5. The number of hydrogen-bond donors (Lipinski definition) is 2. The Morgan fingerprint density at radius 3 is 2.53 bits per heavy atom. The normalized spacial score (nSPS) is 16.5. The van der Waals surface area contributed by atoms with Gasteiger partial charge in [0.25, 0.3) is 0 Å². The zero-order valence-electron chi connectivity index (χ0n) is 10.5. The number of furan rings is 1. The lowest BCUT2D eigenvalue weighted by molar-refractivity contribution is -0.142. The summed E-state index contributed by atoms with van der Waals surface area (Å²) in [5.41, 5.74) is 0. The third kappa shape index (κ3) is 3.49. The van der Waals surface area contributed by atoms with Gasteiger partial charge in [0.05, 0.1) is 12.3 Å². The minimum absolute atomic E-state index is 0.0496. The average molecular weight is 267 g/mol. The van der Waals surface area contributed by atoms with Crippen LogP contribution in [0.5, 0.6) is 0 Å². The van der Waals surface area contributed by atoms with Gasteiger partial charge >= 0.3 is 11.9 Å². The van der Waals surface area contributed by atoms with Crippen molar-refractivity contribution in [2.45, 2.75) is 25.7 Å². The predicted molar refractivity (Wildman–Crippen MR) is 67.2 cm³/mol. The molecule has 0 radical (unpaired) electrons. The van der Waals surface area contributed by atoms with E-state index in [9.17, 15) is 9.59 Å². The first-order valence-electron chi connectivity index (χ1n) is 6.34. The van der Waals surface area contributed by atoms with Gasteiger partial charge in [-0.3, -0.25) is 9.59 Å². The Kier molecular flexibility index (Phi) is 4.09. The molecule has 0 spiro atoms. The summed E-state index contributed by atoms with van der Waals surface area (Å²) in [5.74, 6) is -0.499. The van der Waals surface area contributed by atoms with Crippen LogP contribution in [0.3, 0.4) is 0 Å². The zero-order chi connectivity index (χ0) is 13.8. The molecule has 19 heavy (non-hydrogen) atoms. The highest BCUT2D eigenvalue weighted by Crippen LogP contribution is 2.25. The second kappa shape index (κ2) is 5.77. The van der Waals surface area contributed by atoms with E-state index in [0.29, 0.717) is 44.0 Å². The topological polar surface area (TPSA) is 91.0 Å². The van der Waals surface area contributed by atoms with Gasteiger partial charge in [-0.05, 0) is 18.9 Å². The lowest BCUT2D eigenvalue weighted by atomic mass is 9.97. The van der Waals surface area contributed by atoms with Crippen molar-refractivity contribution >= 4 is 17.8 Å². The number of carbonyl (C=O) groups is 2. The Labute approximate surface area is 110 Å². The van der Waals surface area contributed by atoms with E-state index in [0.717, 1.165) is 0 Å². The molecule has 0 aromatic carbocycles. The molecule has 2 heterocycles. The predicted octanol–water partition coefficient (Wildman–Crippen LogP) is 1.60. The second-order valence-electron chi connectivity index (χ2n) is 4.73. The van der Waals surface area contributed by atoms with Crippen molar-refractivity contribution in [3.8, 4) is 0 Å². The molecule has 1 aliphatic rings. The van der Waals surface area contributed by atoms with Crippen LogP contribution in [0.1, 0.15) is 25.0 Å². The van der Waals surface area contributed by atoms with E-state index in [1.807, 2.05) is 11.0 Å². The van der Waals surface area contributed by atoms with E-state index in [-0.39, 0.29) is 12.3 Å². The van der Waals surface area contributed by atoms with Gasteiger partial charge in [0.15, 0.2) is 5.88 Å². The summed E-state index contributed by atoms with van der Waals surface area (Å²) in [6.07, 6.45) is 1.65. The van der Waals surface area contributed by atoms with Crippen molar-refractivity contribution < 1.29 is 24.2 Å². The summed E-state index contributed by atoms with van der Waals surface area (Å²) in [6.45, 7) is 1.31. The Balaban J connectivity index is 1.89. The molecule has 1 aliphatic heterocycles. The van der Waals surface area contributed by atoms with Crippen LogP contribution >= 0.6 is 0 Å². The molecule has 2 rings (SSSR count). The van der Waals surface area contributed by atoms with E-state index in [4.69, 9.17) is 14.6 Å². The van der Waals surface area contributed by atoms with Gasteiger partial charge in [0.1, 0.15) is 5.76 Å². The molecule has 6 nitrogen and oxygen atoms in total. The van der Waals surface area contributed by atoms with Gasteiger partial charge in [0.2, 0.25) is 0 Å². The third-order valence-electron chi connectivity index (χ3n) is 3.39. The Hall–Kier alpha value is -1.98. The van der Waals surface area contributed by atoms with Crippen molar-refractivity contribution in [3.05, 3.63) is 17.9 Å². The number of carboxylic acids is 2. The van der Waals surface area contributed by atoms with Crippen LogP contribution in [-0.4, -0.2) is 35.2 Å². The Morgan fingerprint density at radius 2 is 1.95 bits per heavy atom. The minimum Gasteiger partial charge on any atom is -0.481 e. The molecule has 6 heteroatoms. The first-order chi connectivity index (χ1) is 9.06. The number of rotatable bonds is 5. The number of aliphatic carboxylic acids is 2. The summed E-state index contributed by atoms with van der Waals surface area (Å²) in [7, 11) is 0. The van der Waals surface area contributed by atoms with Crippen molar-refractivity contribution in [2.24, 2.45) is 5.92 Å². The van der Waals surface area contributed by atoms with Crippen LogP contribution in [0.2, 0.25) is 0 Å². The number of hydrogen-bond acceptors (Lipinski definition) is 4. The maximum absolute atomic E-state index is 10.9. The van der Waals surface area contributed by atoms with E-state index in [1.54, 1.807) is 6.07 Å². The molecular weight excluding hydrogens is 250 g/mol. The van der Waals surface area contributed by atoms with Gasteiger partial charge in [-0.2, -0.15) is 0 Å². The van der Waals surface area contributed by atoms with Crippen molar-refractivity contribution in [2.75, 3.05) is 18.0 Å². The molecule has 1 aromatic heterocycles. The number of carboxylic acid groups (broad SMARTS) is 2. The van der Waals surface area contributed by atoms with Gasteiger partial charge < -0.3 is 19.5 Å². The standard InChI is InChI=1S/C13H17NO5/c15-12(16)4-2-10-1-3-11(19-10)14-7-5-9(6-8-14)13(17)18/h1,3,9H,2,4-8H2,(H,15,16)(H,17,18). The van der Waals surface area contributed by atoms with E-state index in [1.165, 1.54) is 0 Å². The number of nitrogens with zero attached hydrogens (tertiary/aromatic N) is 1. The molecular formula is C13H17NO5. The molecule has 0 amide bonds. The van der Waals surface area contributed by atoms with Crippen molar-refractivity contribution in [1.29, 1.82) is 0 Å². The lowest BCUT2D eigenvalue weighted by Gasteiger charge is -2.29. The maximum atomic E-state index is 10.9. The van der Waals surface area contributed by atoms with Gasteiger partial charge in [-0.1, -0.05) is 0 Å². The molecule has 0 aliphatic carbocycles. The van der Waals surface area contributed by atoms with Crippen molar-refractivity contribution in [3.63, 3.8) is 0 Å². The van der Waals surface area contributed by atoms with E-state index >= 15 is 0 Å². The molecule has 0 saturated carbocycles. The SMILES string of the molecule is O=C(O)CCc1ccc(N2CCC(C(=O)O)CC2)o1. The molecule has 0 atom stereocenters. The maximum Gasteiger partial charge on any atom is 0.306 e. The lowest BCUT2D eigenvalue weighted by Crippen LogP contribution is -2.36. The summed E-state index contributed by atoms with van der Waals surface area (Å²) >= 11 is 0. The van der Waals surface area contributed by atoms with Crippen LogP contribution < -0.4 is 4.90 Å². The quantitative estimate of drug-likeness (QED) is 0.842. The highest BCUT2D eigenvalue weighted by Gasteiger charge is 2.25. The average Bonchev–Trinajstić information content (AvgIpc) is 2.85. The van der Waals surface area contributed by atoms with Crippen molar-refractivity contribution in [1.82, 2.24) is 0 Å². The molecule has 1 saturated heterocycles. The fourth-order valence-electron chi connectivity index (χ4n) is 2.25. The second-order valence-corrected chi connectivity index (χ2v) is 4.73. The summed E-state index contributed by atoms with van der Waals surface area (Å²) < 4.78 is 5.58. The molecule has 0 bridgehead atoms. The van der Waals surface area contributed by atoms with E-state index < -0.39 is 11.9 Å². The fourth-order valence-corrected chi connectivity index (χ4v) is 2.25. The summed E-state index contributed by atoms with van der Waals surface area (Å²) in [5, 5.41) is 17.5. The third-order valence-corrected chi connectivity index (χ3v) is 3.39. The summed E-state index contributed by atoms with van der Waals surface area (Å²) in [4.78, 5) is 23.3. The highest BCUT2D eigenvalue weighted by molar-refractivity contribution is 5.70. The fraction of sp³-hybridized carbons (Fsp3) is 0.538. The number of piperidine rings is 1. The molecule has 2 N–H and O–H groups in total. The van der Waals surface area contributed by atoms with Crippen LogP contribution in [0.25, 0.3) is 0 Å². The van der Waals surface area contributed by atoms with Gasteiger partial charge in [-0.25, -0.2) is 0 Å². The van der Waals surface area contributed by atoms with Gasteiger partial charge in [-0.15, -0.1) is 0 Å². The number of anilines is 1. The monoisotopic (exact) mass is 267 g/mol. The molecule has 1 aromatic rings. The van der Waals surface area contributed by atoms with Crippen LogP contribution in [0, 0.1) is 5.92 Å². The number of aryl methyl sites for hydroxylation is 1. The Morgan fingerprint density at radius 1 is 1.26 bits per heavy atom. The van der Waals surface area contributed by atoms with Crippen LogP contribution in [0.4, 0.5) is 5.88 Å². The Bertz CT molecular complexity index is 459. The largest absolute Gasteiger partial charge is 0.481 e. The van der Waals surface area contributed by atoms with Crippen LogP contribution in [-0.2, 0) is 16.0 Å². The molecule has 0 unspecified atom stereocenters. The van der Waals surface area contributed by atoms with Gasteiger partial charge in [0, 0.05) is 25.6 Å². The first-order valence-corrected chi connectivity index (χ1v) is 6.34. The molecule has 1 fully saturated rings. The smallest absolute Gasteiger partial charge is 0.306 e. The summed E-state index contributed by atoms with van der Waals surface area (Å²) in [6, 6.07) is 3.60. The molecule has 104 valence electrons.